The molecule has 1 unspecified atom stereocenters. The first-order valence-corrected chi connectivity index (χ1v) is 7.23. The van der Waals surface area contributed by atoms with Crippen LogP contribution in [0.15, 0.2) is 42.5 Å². The predicted molar refractivity (Wildman–Crippen MR) is 84.8 cm³/mol. The van der Waals surface area contributed by atoms with Crippen LogP contribution in [0.25, 0.3) is 0 Å². The molecule has 0 radical (unpaired) electrons. The number of phenols is 1. The lowest BCUT2D eigenvalue weighted by Gasteiger charge is -2.17. The van der Waals surface area contributed by atoms with E-state index in [0.29, 0.717) is 15.8 Å². The van der Waals surface area contributed by atoms with Crippen LogP contribution in [0.4, 0.5) is 0 Å². The minimum Gasteiger partial charge on any atom is -0.508 e. The summed E-state index contributed by atoms with van der Waals surface area (Å²) in [6, 6.07) is 13.1. The van der Waals surface area contributed by atoms with E-state index in [1.807, 2.05) is 31.3 Å². The van der Waals surface area contributed by atoms with Gasteiger partial charge in [-0.1, -0.05) is 41.4 Å². The molecule has 0 fully saturated rings. The Morgan fingerprint density at radius 2 is 1.90 bits per heavy atom. The van der Waals surface area contributed by atoms with Gasteiger partial charge in [-0.15, -0.1) is 0 Å². The van der Waals surface area contributed by atoms with Crippen LogP contribution in [0.2, 0.25) is 10.0 Å². The number of rotatable bonds is 5. The van der Waals surface area contributed by atoms with E-state index in [0.717, 1.165) is 24.0 Å². The minimum atomic E-state index is 0.246. The molecular weight excluding hydrogens is 293 g/mol. The summed E-state index contributed by atoms with van der Waals surface area (Å²) in [6.07, 6.45) is 1.63. The lowest BCUT2D eigenvalue weighted by Crippen LogP contribution is -2.30. The molecule has 2 aromatic carbocycles. The van der Waals surface area contributed by atoms with Gasteiger partial charge in [0.15, 0.2) is 0 Å². The van der Waals surface area contributed by atoms with Gasteiger partial charge in [0.1, 0.15) is 5.75 Å². The first-order valence-electron chi connectivity index (χ1n) is 6.47. The number of halogens is 2. The molecule has 0 saturated carbocycles. The standard InChI is InChI=1S/C16H17Cl2NO/c1-19-14(7-11-3-2-4-15(20)8-11)9-12-5-6-13(17)10-16(12)18/h2-6,8,10,14,19-20H,7,9H2,1H3. The molecule has 106 valence electrons. The van der Waals surface area contributed by atoms with E-state index in [9.17, 15) is 5.11 Å². The van der Waals surface area contributed by atoms with E-state index in [-0.39, 0.29) is 6.04 Å². The summed E-state index contributed by atoms with van der Waals surface area (Å²) < 4.78 is 0. The number of hydrogen-bond donors (Lipinski definition) is 2. The lowest BCUT2D eigenvalue weighted by molar-refractivity contribution is 0.473. The molecule has 2 nitrogen and oxygen atoms in total. The highest BCUT2D eigenvalue weighted by Gasteiger charge is 2.11. The van der Waals surface area contributed by atoms with Crippen LogP contribution in [0.3, 0.4) is 0 Å². The Hall–Kier alpha value is -1.22. The van der Waals surface area contributed by atoms with Crippen molar-refractivity contribution in [1.82, 2.24) is 5.32 Å². The Balaban J connectivity index is 2.09. The smallest absolute Gasteiger partial charge is 0.115 e. The van der Waals surface area contributed by atoms with Crippen molar-refractivity contribution in [3.63, 3.8) is 0 Å². The van der Waals surface area contributed by atoms with Gasteiger partial charge in [-0.25, -0.2) is 0 Å². The molecule has 4 heteroatoms. The second-order valence-corrected chi connectivity index (χ2v) is 5.64. The van der Waals surface area contributed by atoms with Crippen LogP contribution in [0.5, 0.6) is 5.75 Å². The highest BCUT2D eigenvalue weighted by molar-refractivity contribution is 6.35. The average molecular weight is 310 g/mol. The monoisotopic (exact) mass is 309 g/mol. The van der Waals surface area contributed by atoms with Crippen LogP contribution < -0.4 is 5.32 Å². The third-order valence-corrected chi connectivity index (χ3v) is 3.87. The summed E-state index contributed by atoms with van der Waals surface area (Å²) in [5, 5.41) is 14.1. The van der Waals surface area contributed by atoms with Gasteiger partial charge in [0, 0.05) is 16.1 Å². The Morgan fingerprint density at radius 1 is 1.10 bits per heavy atom. The maximum Gasteiger partial charge on any atom is 0.115 e. The van der Waals surface area contributed by atoms with Gasteiger partial charge in [0.05, 0.1) is 0 Å². The summed E-state index contributed by atoms with van der Waals surface area (Å²) in [5.41, 5.74) is 2.16. The zero-order chi connectivity index (χ0) is 14.5. The fourth-order valence-corrected chi connectivity index (χ4v) is 2.68. The molecule has 0 aliphatic rings. The molecule has 0 bridgehead atoms. The van der Waals surface area contributed by atoms with Gasteiger partial charge in [-0.3, -0.25) is 0 Å². The summed E-state index contributed by atoms with van der Waals surface area (Å²) >= 11 is 12.1. The second-order valence-electron chi connectivity index (χ2n) is 4.80. The number of benzene rings is 2. The Kier molecular flexibility index (Phi) is 5.30. The average Bonchev–Trinajstić information content (AvgIpc) is 2.41. The largest absolute Gasteiger partial charge is 0.508 e. The van der Waals surface area contributed by atoms with Crippen molar-refractivity contribution in [1.29, 1.82) is 0 Å². The quantitative estimate of drug-likeness (QED) is 0.872. The topological polar surface area (TPSA) is 32.3 Å². The maximum atomic E-state index is 9.51. The molecule has 0 saturated heterocycles. The van der Waals surface area contributed by atoms with Gasteiger partial charge < -0.3 is 10.4 Å². The van der Waals surface area contributed by atoms with Crippen LogP contribution >= 0.6 is 23.2 Å². The molecular formula is C16H17Cl2NO. The van der Waals surface area contributed by atoms with E-state index in [2.05, 4.69) is 5.32 Å². The van der Waals surface area contributed by atoms with Gasteiger partial charge in [0.2, 0.25) is 0 Å². The van der Waals surface area contributed by atoms with Crippen molar-refractivity contribution < 1.29 is 5.11 Å². The molecule has 0 amide bonds. The summed E-state index contributed by atoms with van der Waals surface area (Å²) in [5.74, 6) is 0.293. The van der Waals surface area contributed by atoms with Crippen molar-refractivity contribution >= 4 is 23.2 Å². The van der Waals surface area contributed by atoms with Crippen LogP contribution in [-0.2, 0) is 12.8 Å². The molecule has 0 heterocycles. The molecule has 0 aliphatic heterocycles. The van der Waals surface area contributed by atoms with Crippen molar-refractivity contribution in [3.8, 4) is 5.75 Å². The van der Waals surface area contributed by atoms with Gasteiger partial charge in [-0.05, 0) is 55.3 Å². The van der Waals surface area contributed by atoms with Crippen LogP contribution in [0, 0.1) is 0 Å². The fourth-order valence-electron chi connectivity index (χ4n) is 2.20. The Labute approximate surface area is 129 Å². The molecule has 2 rings (SSSR count). The normalized spacial score (nSPS) is 12.3. The second kappa shape index (κ2) is 6.98. The molecule has 2 N–H and O–H groups in total. The van der Waals surface area contributed by atoms with E-state index in [4.69, 9.17) is 23.2 Å². The summed E-state index contributed by atoms with van der Waals surface area (Å²) in [4.78, 5) is 0. The minimum absolute atomic E-state index is 0.246. The number of nitrogens with one attached hydrogen (secondary N) is 1. The fraction of sp³-hybridized carbons (Fsp3) is 0.250. The molecule has 20 heavy (non-hydrogen) atoms. The summed E-state index contributed by atoms with van der Waals surface area (Å²) in [6.45, 7) is 0. The van der Waals surface area contributed by atoms with Crippen molar-refractivity contribution in [2.75, 3.05) is 7.05 Å². The van der Waals surface area contributed by atoms with E-state index < -0.39 is 0 Å². The highest BCUT2D eigenvalue weighted by Crippen LogP contribution is 2.23. The van der Waals surface area contributed by atoms with E-state index >= 15 is 0 Å². The number of phenolic OH excluding ortho intramolecular Hbond substituents is 1. The highest BCUT2D eigenvalue weighted by atomic mass is 35.5. The van der Waals surface area contributed by atoms with Gasteiger partial charge >= 0.3 is 0 Å². The van der Waals surface area contributed by atoms with Gasteiger partial charge in [0.25, 0.3) is 0 Å². The van der Waals surface area contributed by atoms with Crippen molar-refractivity contribution in [2.45, 2.75) is 18.9 Å². The predicted octanol–water partition coefficient (Wildman–Crippen LogP) is 4.07. The number of hydrogen-bond acceptors (Lipinski definition) is 2. The first kappa shape index (κ1) is 15.2. The van der Waals surface area contributed by atoms with E-state index in [1.54, 1.807) is 18.2 Å². The lowest BCUT2D eigenvalue weighted by atomic mass is 9.99. The maximum absolute atomic E-state index is 9.51. The molecule has 2 aromatic rings. The number of likely N-dealkylation sites (N-methyl/N-ethyl adjacent to an activating group) is 1. The van der Waals surface area contributed by atoms with Gasteiger partial charge in [-0.2, -0.15) is 0 Å². The SMILES string of the molecule is CNC(Cc1cccc(O)c1)Cc1ccc(Cl)cc1Cl. The Bertz CT molecular complexity index is 586. The zero-order valence-electron chi connectivity index (χ0n) is 11.2. The first-order chi connectivity index (χ1) is 9.58. The molecule has 0 spiro atoms. The zero-order valence-corrected chi connectivity index (χ0v) is 12.7. The molecule has 0 aliphatic carbocycles. The van der Waals surface area contributed by atoms with E-state index in [1.165, 1.54) is 0 Å². The Morgan fingerprint density at radius 3 is 2.55 bits per heavy atom. The third-order valence-electron chi connectivity index (χ3n) is 3.28. The van der Waals surface area contributed by atoms with Crippen molar-refractivity contribution in [2.24, 2.45) is 0 Å². The molecule has 0 aromatic heterocycles. The van der Waals surface area contributed by atoms with Crippen LogP contribution in [-0.4, -0.2) is 18.2 Å². The van der Waals surface area contributed by atoms with Crippen molar-refractivity contribution in [3.05, 3.63) is 63.6 Å². The molecule has 1 atom stereocenters. The summed E-state index contributed by atoms with van der Waals surface area (Å²) in [7, 11) is 1.93. The van der Waals surface area contributed by atoms with Crippen LogP contribution in [0.1, 0.15) is 11.1 Å². The third kappa shape index (κ3) is 4.14. The number of aromatic hydroxyl groups is 1.